The molecule has 2 aliphatic heterocycles. The van der Waals surface area contributed by atoms with Crippen LogP contribution in [0.15, 0.2) is 207 Å². The number of aromatic nitrogens is 6. The van der Waals surface area contributed by atoms with Crippen molar-refractivity contribution in [2.45, 2.75) is 100 Å². The van der Waals surface area contributed by atoms with Gasteiger partial charge in [0, 0.05) is 159 Å². The summed E-state index contributed by atoms with van der Waals surface area (Å²) in [7, 11) is 8.82. The summed E-state index contributed by atoms with van der Waals surface area (Å²) in [5, 5.41) is 95.6. The predicted molar refractivity (Wildman–Crippen MR) is 444 cm³/mol. The van der Waals surface area contributed by atoms with Crippen molar-refractivity contribution in [1.82, 2.24) is 48.7 Å². The summed E-state index contributed by atoms with van der Waals surface area (Å²) in [4.78, 5) is 143. The maximum atomic E-state index is 9.55. The number of ether oxygens (including phenoxy) is 2. The third-order valence-electron chi connectivity index (χ3n) is 18.8. The Morgan fingerprint density at radius 3 is 0.779 bits per heavy atom. The SMILES string of the molecule is CN(C)[C@@H]1CCN(C2CCC(n3cc(-c4ccc(Oc5ccccc5)cc4)c4c(N)ncnc43)CC2)C1.CN(C)[C@H]1CCN(C2CCC(n3cc(-c4ccc(Oc5ccccc5)cc4)c4c(N)ncnc43)CC2)C1.O=C(O)/C=C\C(=O)O.O=C(O)/C=C\C(=O)O.O=C(O)/C=C\C(=O)O.O=C(O)/C=C\C(=O)O.O=C(O)/C=C\C(=O)O.O=C(O)/C=C\C(=O)O. The molecule has 0 amide bonds. The minimum atomic E-state index is -1.26. The summed E-state index contributed by atoms with van der Waals surface area (Å²) >= 11 is 0. The van der Waals surface area contributed by atoms with Gasteiger partial charge < -0.3 is 101 Å². The number of carbonyl (C=O) groups is 12. The van der Waals surface area contributed by atoms with Crippen molar-refractivity contribution in [2.75, 3.05) is 65.8 Å². The highest BCUT2D eigenvalue weighted by molar-refractivity contribution is 6.02. The Morgan fingerprint density at radius 2 is 0.557 bits per heavy atom. The minimum absolute atomic E-state index is 0.426. The zero-order valence-electron chi connectivity index (χ0n) is 66.7. The first-order chi connectivity index (χ1) is 57.9. The molecule has 4 fully saturated rings. The van der Waals surface area contributed by atoms with Gasteiger partial charge in [-0.2, -0.15) is 0 Å². The lowest BCUT2D eigenvalue weighted by atomic mass is 9.90. The summed E-state index contributed by atoms with van der Waals surface area (Å²) in [6, 6.07) is 39.7. The normalized spacial score (nSPS) is 17.5. The number of rotatable bonds is 24. The van der Waals surface area contributed by atoms with E-state index >= 15 is 0 Å². The van der Waals surface area contributed by atoms with Gasteiger partial charge in [0.15, 0.2) is 0 Å². The molecule has 0 bridgehead atoms. The topological polar surface area (TPSA) is 592 Å². The van der Waals surface area contributed by atoms with Crippen LogP contribution in [0, 0.1) is 0 Å². The number of fused-ring (bicyclic) bond motifs is 2. The highest BCUT2D eigenvalue weighted by atomic mass is 16.5. The van der Waals surface area contributed by atoms with E-state index in [9.17, 15) is 57.5 Å². The minimum Gasteiger partial charge on any atom is -0.478 e. The average Bonchev–Trinajstić information content (AvgIpc) is 1.62. The Bertz CT molecular complexity index is 4480. The van der Waals surface area contributed by atoms with Crippen molar-refractivity contribution in [3.8, 4) is 45.3 Å². The lowest BCUT2D eigenvalue weighted by molar-refractivity contribution is -0.134. The average molecular weight is 1690 g/mol. The van der Waals surface area contributed by atoms with Gasteiger partial charge in [-0.25, -0.2) is 77.5 Å². The van der Waals surface area contributed by atoms with E-state index in [0.717, 1.165) is 93.0 Å². The molecule has 4 aromatic carbocycles. The number of anilines is 2. The second-order valence-corrected chi connectivity index (χ2v) is 27.5. The molecule has 0 radical (unpaired) electrons. The second kappa shape index (κ2) is 50.1. The van der Waals surface area contributed by atoms with Crippen LogP contribution in [0.3, 0.4) is 0 Å². The first-order valence-corrected chi connectivity index (χ1v) is 37.4. The number of hydrogen-bond donors (Lipinski definition) is 14. The van der Waals surface area contributed by atoms with E-state index in [1.807, 2.05) is 84.9 Å². The maximum Gasteiger partial charge on any atom is 0.328 e. The van der Waals surface area contributed by atoms with E-state index in [-0.39, 0.29) is 0 Å². The fourth-order valence-corrected chi connectivity index (χ4v) is 13.2. The molecule has 2 aliphatic carbocycles. The fourth-order valence-electron chi connectivity index (χ4n) is 13.2. The number of carboxylic acid groups (broad SMARTS) is 12. The van der Waals surface area contributed by atoms with E-state index < -0.39 is 71.6 Å². The Hall–Kier alpha value is -14.8. The molecule has 2 saturated heterocycles. The van der Waals surface area contributed by atoms with Gasteiger partial charge in [-0.1, -0.05) is 60.7 Å². The molecule has 38 heteroatoms. The number of hydrogen-bond acceptors (Lipinski definition) is 24. The predicted octanol–water partition coefficient (Wildman–Crippen LogP) is 9.46. The van der Waals surface area contributed by atoms with E-state index in [2.05, 4.69) is 104 Å². The Kier molecular flexibility index (Phi) is 40.2. The standard InChI is InChI=1S/2C30H36N6O.6C4H4O4/c2*1-34(2)24-16-17-35(18-24)22-10-12-23(13-11-22)36-19-27(28-29(31)32-20-33-30(28)36)21-8-14-26(15-9-21)37-25-6-4-3-5-7-25;6*5-3(6)1-2-4(7)8/h2*3-9,14-15,19-20,22-24H,10-13,16-18H2,1-2H3,(H2,31,32,33);6*1-2H,(H,5,6)(H,7,8)/b;;6*2-1-/t2*22?,23?,24-;;;;;;/m10....../s1. The number of nitrogens with two attached hydrogens (primary N) is 2. The van der Waals surface area contributed by atoms with Crippen LogP contribution in [-0.2, 0) is 57.5 Å². The molecule has 122 heavy (non-hydrogen) atoms. The first kappa shape index (κ1) is 97.8. The van der Waals surface area contributed by atoms with Crippen molar-refractivity contribution < 1.29 is 128 Å². The Balaban J connectivity index is 0.000000285. The van der Waals surface area contributed by atoms with Crippen LogP contribution < -0.4 is 20.9 Å². The number of carboxylic acids is 12. The van der Waals surface area contributed by atoms with Gasteiger partial charge in [-0.05, 0) is 152 Å². The van der Waals surface area contributed by atoms with Crippen molar-refractivity contribution in [1.29, 1.82) is 0 Å². The fraction of sp³-hybridized carbons (Fsp3) is 0.286. The van der Waals surface area contributed by atoms with E-state index in [1.54, 1.807) is 12.7 Å². The highest BCUT2D eigenvalue weighted by Gasteiger charge is 2.35. The third kappa shape index (κ3) is 34.8. The van der Waals surface area contributed by atoms with Crippen LogP contribution in [0.5, 0.6) is 23.0 Å². The van der Waals surface area contributed by atoms with Crippen LogP contribution >= 0.6 is 0 Å². The van der Waals surface area contributed by atoms with Crippen molar-refractivity contribution in [3.63, 3.8) is 0 Å². The van der Waals surface area contributed by atoms with Crippen LogP contribution in [0.2, 0.25) is 0 Å². The molecule has 8 aromatic rings. The quantitative estimate of drug-likeness (QED) is 0.0250. The molecule has 648 valence electrons. The number of likely N-dealkylation sites (N-methyl/N-ethyl adjacent to an activating group) is 2. The van der Waals surface area contributed by atoms with Gasteiger partial charge in [-0.15, -0.1) is 0 Å². The lowest BCUT2D eigenvalue weighted by Gasteiger charge is -2.35. The summed E-state index contributed by atoms with van der Waals surface area (Å²) < 4.78 is 16.7. The molecule has 38 nitrogen and oxygen atoms in total. The molecule has 2 atom stereocenters. The van der Waals surface area contributed by atoms with Crippen LogP contribution in [0.4, 0.5) is 11.6 Å². The largest absolute Gasteiger partial charge is 0.478 e. The molecular weight excluding hydrogens is 1590 g/mol. The molecular formula is C84H96N12O26. The van der Waals surface area contributed by atoms with Crippen LogP contribution in [0.1, 0.15) is 76.3 Å². The molecule has 6 heterocycles. The number of nitrogen functional groups attached to an aromatic ring is 2. The van der Waals surface area contributed by atoms with Gasteiger partial charge in [0.1, 0.15) is 58.6 Å². The Morgan fingerprint density at radius 1 is 0.328 bits per heavy atom. The van der Waals surface area contributed by atoms with Crippen LogP contribution in [0.25, 0.3) is 44.3 Å². The summed E-state index contributed by atoms with van der Waals surface area (Å²) in [5.74, 6) is -10.8. The lowest BCUT2D eigenvalue weighted by Crippen LogP contribution is -2.39. The zero-order valence-corrected chi connectivity index (χ0v) is 66.7. The van der Waals surface area contributed by atoms with Gasteiger partial charge in [0.05, 0.1) is 10.8 Å². The number of aliphatic carboxylic acids is 12. The first-order valence-electron chi connectivity index (χ1n) is 37.4. The van der Waals surface area contributed by atoms with E-state index in [1.165, 1.54) is 64.7 Å². The third-order valence-corrected chi connectivity index (χ3v) is 18.8. The van der Waals surface area contributed by atoms with Crippen molar-refractivity contribution in [3.05, 3.63) is 207 Å². The van der Waals surface area contributed by atoms with Gasteiger partial charge in [0.2, 0.25) is 0 Å². The Labute approximate surface area is 698 Å². The molecule has 12 rings (SSSR count). The smallest absolute Gasteiger partial charge is 0.328 e. The maximum absolute atomic E-state index is 9.55. The zero-order chi connectivity index (χ0) is 90.1. The molecule has 0 unspecified atom stereocenters. The molecule has 4 aromatic heterocycles. The molecule has 16 N–H and O–H groups in total. The van der Waals surface area contributed by atoms with E-state index in [0.29, 0.717) is 121 Å². The van der Waals surface area contributed by atoms with Crippen molar-refractivity contribution in [2.24, 2.45) is 0 Å². The molecule has 2 saturated carbocycles. The number of nitrogens with zero attached hydrogens (tertiary/aromatic N) is 10. The number of benzene rings is 4. The summed E-state index contributed by atoms with van der Waals surface area (Å²) in [6.45, 7) is 4.85. The van der Waals surface area contributed by atoms with Gasteiger partial charge in [0.25, 0.3) is 0 Å². The van der Waals surface area contributed by atoms with Crippen LogP contribution in [-0.4, -0.2) is 260 Å². The molecule has 4 aliphatic rings. The monoisotopic (exact) mass is 1690 g/mol. The summed E-state index contributed by atoms with van der Waals surface area (Å²) in [6.07, 6.45) is 26.5. The van der Waals surface area contributed by atoms with Gasteiger partial charge >= 0.3 is 71.6 Å². The summed E-state index contributed by atoms with van der Waals surface area (Å²) in [5.41, 5.74) is 19.0. The number of likely N-dealkylation sites (tertiary alicyclic amines) is 2. The van der Waals surface area contributed by atoms with Crippen molar-refractivity contribution >= 4 is 105 Å². The highest BCUT2D eigenvalue weighted by Crippen LogP contribution is 2.42. The number of para-hydroxylation sites is 2. The van der Waals surface area contributed by atoms with E-state index in [4.69, 9.17) is 92.2 Å². The van der Waals surface area contributed by atoms with Gasteiger partial charge in [-0.3, -0.25) is 9.80 Å². The molecule has 0 spiro atoms. The second-order valence-electron chi connectivity index (χ2n) is 27.5.